The van der Waals surface area contributed by atoms with Crippen LogP contribution in [0.3, 0.4) is 0 Å². The predicted octanol–water partition coefficient (Wildman–Crippen LogP) is 1.39. The summed E-state index contributed by atoms with van der Waals surface area (Å²) in [6, 6.07) is -0.808. The molecule has 3 aliphatic heterocycles. The van der Waals surface area contributed by atoms with Crippen molar-refractivity contribution in [1.82, 2.24) is 4.90 Å². The van der Waals surface area contributed by atoms with Gasteiger partial charge in [0.25, 0.3) is 0 Å². The van der Waals surface area contributed by atoms with Crippen molar-refractivity contribution < 1.29 is 77.2 Å². The maximum Gasteiger partial charge on any atom is 0.309 e. The zero-order chi connectivity index (χ0) is 42.1. The number of ether oxygens (including phenoxy) is 8. The lowest BCUT2D eigenvalue weighted by Gasteiger charge is -2.50. The van der Waals surface area contributed by atoms with E-state index in [0.29, 0.717) is 6.29 Å². The van der Waals surface area contributed by atoms with Crippen LogP contribution in [0.1, 0.15) is 87.0 Å². The van der Waals surface area contributed by atoms with Crippen LogP contribution in [0, 0.1) is 11.8 Å². The summed E-state index contributed by atoms with van der Waals surface area (Å²) in [6.07, 6.45) is -9.35. The Labute approximate surface area is 329 Å². The molecule has 2 fully saturated rings. The lowest BCUT2D eigenvalue weighted by atomic mass is 9.83. The molecule has 0 aromatic rings. The number of aliphatic hydroxyl groups is 3. The van der Waals surface area contributed by atoms with E-state index in [4.69, 9.17) is 37.9 Å². The Morgan fingerprint density at radius 3 is 2.20 bits per heavy atom. The first kappa shape index (κ1) is 47.5. The number of aliphatic hydroxyl groups excluding tert-OH is 2. The van der Waals surface area contributed by atoms with Crippen LogP contribution >= 0.6 is 0 Å². The van der Waals surface area contributed by atoms with Crippen LogP contribution in [0.15, 0.2) is 12.2 Å². The van der Waals surface area contributed by atoms with Gasteiger partial charge in [0.1, 0.15) is 42.4 Å². The summed E-state index contributed by atoms with van der Waals surface area (Å²) < 4.78 is 47.7. The number of rotatable bonds is 10. The molecule has 56 heavy (non-hydrogen) atoms. The van der Waals surface area contributed by atoms with Crippen molar-refractivity contribution >= 4 is 30.0 Å². The molecule has 17 heteroatoms. The fourth-order valence-corrected chi connectivity index (χ4v) is 7.96. The maximum absolute atomic E-state index is 13.3. The molecule has 0 aromatic carbocycles. The second-order valence-corrected chi connectivity index (χ2v) is 15.8. The number of carbonyl (C=O) groups is 5. The Kier molecular flexibility index (Phi) is 18.0. The van der Waals surface area contributed by atoms with Crippen LogP contribution in [-0.2, 0) is 61.9 Å². The van der Waals surface area contributed by atoms with Gasteiger partial charge in [-0.3, -0.25) is 19.2 Å². The second-order valence-electron chi connectivity index (χ2n) is 15.8. The number of methoxy groups -OCH3 is 1. The van der Waals surface area contributed by atoms with E-state index in [9.17, 15) is 39.3 Å². The summed E-state index contributed by atoms with van der Waals surface area (Å²) in [5.74, 6) is -3.77. The van der Waals surface area contributed by atoms with Gasteiger partial charge >= 0.3 is 17.9 Å². The highest BCUT2D eigenvalue weighted by Gasteiger charge is 2.53. The third-order valence-corrected chi connectivity index (χ3v) is 10.5. The molecule has 0 amide bonds. The van der Waals surface area contributed by atoms with E-state index < -0.39 is 121 Å². The molecule has 3 aliphatic rings. The minimum Gasteiger partial charge on any atom is -0.462 e. The van der Waals surface area contributed by atoms with Crippen LogP contribution in [0.5, 0.6) is 0 Å². The van der Waals surface area contributed by atoms with E-state index in [0.717, 1.165) is 6.92 Å². The van der Waals surface area contributed by atoms with E-state index in [1.165, 1.54) is 27.0 Å². The molecule has 3 N–H and O–H groups in total. The lowest BCUT2D eigenvalue weighted by molar-refractivity contribution is -0.344. The highest BCUT2D eigenvalue weighted by molar-refractivity contribution is 5.91. The van der Waals surface area contributed by atoms with Crippen molar-refractivity contribution in [3.8, 4) is 0 Å². The molecule has 0 bridgehead atoms. The van der Waals surface area contributed by atoms with Gasteiger partial charge in [-0.25, -0.2) is 0 Å². The Morgan fingerprint density at radius 2 is 1.62 bits per heavy atom. The number of ketones is 1. The van der Waals surface area contributed by atoms with Crippen LogP contribution in [-0.4, -0.2) is 157 Å². The molecular formula is C39H63NO16. The van der Waals surface area contributed by atoms with Gasteiger partial charge in [0.05, 0.1) is 36.9 Å². The van der Waals surface area contributed by atoms with E-state index in [-0.39, 0.29) is 37.9 Å². The van der Waals surface area contributed by atoms with Crippen molar-refractivity contribution in [3.63, 3.8) is 0 Å². The number of cyclic esters (lactones) is 1. The third-order valence-electron chi connectivity index (χ3n) is 10.5. The summed E-state index contributed by atoms with van der Waals surface area (Å²) in [5.41, 5.74) is -1.50. The van der Waals surface area contributed by atoms with Crippen molar-refractivity contribution in [1.29, 1.82) is 0 Å². The summed E-state index contributed by atoms with van der Waals surface area (Å²) in [6.45, 7) is 10.6. The summed E-state index contributed by atoms with van der Waals surface area (Å²) in [4.78, 5) is 64.6. The second kappa shape index (κ2) is 21.2. The van der Waals surface area contributed by atoms with Crippen LogP contribution in [0.2, 0.25) is 0 Å². The highest BCUT2D eigenvalue weighted by Crippen LogP contribution is 2.37. The molecule has 2 saturated heterocycles. The topological polar surface area (TPSA) is 223 Å². The van der Waals surface area contributed by atoms with E-state index in [1.54, 1.807) is 52.8 Å². The van der Waals surface area contributed by atoms with Crippen LogP contribution in [0.25, 0.3) is 0 Å². The van der Waals surface area contributed by atoms with Gasteiger partial charge in [0, 0.05) is 46.1 Å². The average molecular weight is 802 g/mol. The molecule has 0 radical (unpaired) electrons. The van der Waals surface area contributed by atoms with Gasteiger partial charge < -0.3 is 62.9 Å². The third kappa shape index (κ3) is 13.1. The van der Waals surface area contributed by atoms with Gasteiger partial charge in [-0.15, -0.1) is 0 Å². The number of hydrogen-bond acceptors (Lipinski definition) is 17. The highest BCUT2D eigenvalue weighted by atomic mass is 16.7. The zero-order valence-corrected chi connectivity index (χ0v) is 34.2. The first-order chi connectivity index (χ1) is 26.2. The normalized spacial score (nSPS) is 41.4. The number of carbonyl (C=O) groups excluding carboxylic acids is 5. The zero-order valence-electron chi connectivity index (χ0n) is 34.2. The standard InChI is InChI=1S/C39H63NO16/c1-20-16-26(14-15-41)35(36(49-10)29(53-24(5)42)18-30(46)50-21(2)17-27(44)12-11-13-28(20)45)56-38-33(47)32(40(8)9)34(22(3)52-38)55-31-19-39(7,48)37(23(4)51-31)54-25(6)43/h11,13,15,20-23,26-27,29,31-38,44,47-48H,12,14,16-19H2,1-10H3/b13-11-/t20-,21+,22-,23+,26-,27?,29+,31+,32-,33-,34-,35+,36?,37+,38+,39-/m1/s1. The van der Waals surface area contributed by atoms with E-state index >= 15 is 0 Å². The largest absolute Gasteiger partial charge is 0.462 e. The van der Waals surface area contributed by atoms with Gasteiger partial charge in [0.15, 0.2) is 24.5 Å². The van der Waals surface area contributed by atoms with Gasteiger partial charge in [0.2, 0.25) is 0 Å². The minimum atomic E-state index is -1.50. The number of esters is 3. The van der Waals surface area contributed by atoms with Crippen molar-refractivity contribution in [2.24, 2.45) is 11.8 Å². The first-order valence-electron chi connectivity index (χ1n) is 19.3. The molecule has 2 unspecified atom stereocenters. The van der Waals surface area contributed by atoms with E-state index in [1.807, 2.05) is 0 Å². The Hall–Kier alpha value is -2.87. The van der Waals surface area contributed by atoms with Crippen molar-refractivity contribution in [3.05, 3.63) is 12.2 Å². The van der Waals surface area contributed by atoms with E-state index in [2.05, 4.69) is 0 Å². The van der Waals surface area contributed by atoms with Crippen molar-refractivity contribution in [2.45, 2.75) is 172 Å². The SMILES string of the molecule is COC1[C@@H](OC(C)=O)CC(=O)O[C@@H](C)CC(O)C/C=C\C(=O)[C@H](C)C[C@@H](CC=O)[C@@H]1O[C@@H]1O[C@H](C)[C@@H](O[C@H]2C[C@@](C)(O)[C@@H](OC(C)=O)[C@H](C)O2)[C@H](N(C)C)[C@H]1O. The van der Waals surface area contributed by atoms with Crippen LogP contribution < -0.4 is 0 Å². The molecule has 16 atom stereocenters. The van der Waals surface area contributed by atoms with Crippen LogP contribution in [0.4, 0.5) is 0 Å². The molecule has 3 rings (SSSR count). The summed E-state index contributed by atoms with van der Waals surface area (Å²) in [7, 11) is 4.76. The van der Waals surface area contributed by atoms with Gasteiger partial charge in [-0.1, -0.05) is 13.0 Å². The molecule has 0 aromatic heterocycles. The number of hydrogen-bond donors (Lipinski definition) is 3. The quantitative estimate of drug-likeness (QED) is 0.161. The fourth-order valence-electron chi connectivity index (χ4n) is 7.96. The monoisotopic (exact) mass is 801 g/mol. The summed E-state index contributed by atoms with van der Waals surface area (Å²) in [5, 5.41) is 33.7. The number of likely N-dealkylation sites (N-methyl/N-ethyl adjacent to an activating group) is 1. The molecule has 3 heterocycles. The predicted molar refractivity (Wildman–Crippen MR) is 197 cm³/mol. The van der Waals surface area contributed by atoms with Gasteiger partial charge in [-0.05, 0) is 66.6 Å². The number of allylic oxidation sites excluding steroid dienone is 1. The smallest absolute Gasteiger partial charge is 0.309 e. The molecule has 320 valence electrons. The Morgan fingerprint density at radius 1 is 0.964 bits per heavy atom. The number of aldehydes is 1. The molecule has 0 aliphatic carbocycles. The Bertz CT molecular complexity index is 1360. The average Bonchev–Trinajstić information content (AvgIpc) is 3.06. The molecule has 17 nitrogen and oxygen atoms in total. The van der Waals surface area contributed by atoms with Gasteiger partial charge in [-0.2, -0.15) is 0 Å². The molecular weight excluding hydrogens is 738 g/mol. The molecule has 0 saturated carbocycles. The first-order valence-corrected chi connectivity index (χ1v) is 19.3. The Balaban J connectivity index is 2.01. The fraction of sp³-hybridized carbons (Fsp3) is 0.821. The summed E-state index contributed by atoms with van der Waals surface area (Å²) >= 11 is 0. The molecule has 0 spiro atoms. The minimum absolute atomic E-state index is 0.0644. The lowest BCUT2D eigenvalue weighted by Crippen LogP contribution is -2.66. The van der Waals surface area contributed by atoms with Crippen molar-refractivity contribution in [2.75, 3.05) is 21.2 Å². The maximum atomic E-state index is 13.3. The number of nitrogens with zero attached hydrogens (tertiary/aromatic N) is 1.